The van der Waals surface area contributed by atoms with Crippen molar-refractivity contribution in [1.82, 2.24) is 14.7 Å². The second-order valence-electron chi connectivity index (χ2n) is 8.90. The predicted molar refractivity (Wildman–Crippen MR) is 113 cm³/mol. The molecule has 0 spiro atoms. The molecule has 1 aromatic heterocycles. The Hall–Kier alpha value is -2.39. The second kappa shape index (κ2) is 7.70. The molecule has 2 saturated heterocycles. The lowest BCUT2D eigenvalue weighted by Crippen LogP contribution is -2.50. The summed E-state index contributed by atoms with van der Waals surface area (Å²) in [6.45, 7) is 10.6. The molecule has 1 aromatic carbocycles. The Labute approximate surface area is 176 Å². The van der Waals surface area contributed by atoms with Crippen molar-refractivity contribution in [3.8, 4) is 0 Å². The van der Waals surface area contributed by atoms with Crippen LogP contribution in [0.1, 0.15) is 27.7 Å². The van der Waals surface area contributed by atoms with E-state index in [9.17, 15) is 9.18 Å². The van der Waals surface area contributed by atoms with Crippen LogP contribution in [0.25, 0.3) is 0 Å². The molecule has 0 radical (unpaired) electrons. The van der Waals surface area contributed by atoms with Crippen LogP contribution in [0.15, 0.2) is 36.7 Å². The normalized spacial score (nSPS) is 20.6. The van der Waals surface area contributed by atoms with E-state index in [2.05, 4.69) is 10.00 Å². The SMILES string of the molecule is CC1(C)OB(c2cc(F)cc(N3CCN(C(=O)Cn4cccn4)CC3)c2)OC1(C)C. The quantitative estimate of drug-likeness (QED) is 0.713. The lowest BCUT2D eigenvalue weighted by atomic mass is 9.78. The van der Waals surface area contributed by atoms with E-state index in [0.717, 1.165) is 5.69 Å². The third kappa shape index (κ3) is 4.09. The molecule has 7 nitrogen and oxygen atoms in total. The van der Waals surface area contributed by atoms with E-state index >= 15 is 0 Å². The summed E-state index contributed by atoms with van der Waals surface area (Å²) in [5, 5.41) is 4.08. The maximum atomic E-state index is 14.4. The molecule has 9 heteroatoms. The number of piperazine rings is 1. The average molecular weight is 414 g/mol. The lowest BCUT2D eigenvalue weighted by molar-refractivity contribution is -0.132. The highest BCUT2D eigenvalue weighted by molar-refractivity contribution is 6.62. The summed E-state index contributed by atoms with van der Waals surface area (Å²) in [5.41, 5.74) is 0.481. The highest BCUT2D eigenvalue weighted by Gasteiger charge is 2.51. The Morgan fingerprint density at radius 1 is 1.10 bits per heavy atom. The van der Waals surface area contributed by atoms with Crippen molar-refractivity contribution < 1.29 is 18.5 Å². The number of nitrogens with zero attached hydrogens (tertiary/aromatic N) is 4. The molecule has 0 atom stereocenters. The van der Waals surface area contributed by atoms with Gasteiger partial charge in [0.05, 0.1) is 11.2 Å². The number of aromatic nitrogens is 2. The molecular weight excluding hydrogens is 386 g/mol. The molecule has 3 heterocycles. The minimum atomic E-state index is -0.610. The molecular formula is C21H28BFN4O3. The molecule has 2 aliphatic heterocycles. The van der Waals surface area contributed by atoms with Crippen molar-refractivity contribution in [1.29, 1.82) is 0 Å². The number of carbonyl (C=O) groups excluding carboxylic acids is 1. The van der Waals surface area contributed by atoms with Crippen molar-refractivity contribution in [3.05, 3.63) is 42.5 Å². The van der Waals surface area contributed by atoms with Crippen LogP contribution in [0.2, 0.25) is 0 Å². The topological polar surface area (TPSA) is 59.8 Å². The Morgan fingerprint density at radius 3 is 2.37 bits per heavy atom. The van der Waals surface area contributed by atoms with Gasteiger partial charge in [0, 0.05) is 44.3 Å². The van der Waals surface area contributed by atoms with Gasteiger partial charge in [-0.25, -0.2) is 4.39 Å². The van der Waals surface area contributed by atoms with E-state index in [0.29, 0.717) is 31.6 Å². The maximum absolute atomic E-state index is 14.4. The monoisotopic (exact) mass is 414 g/mol. The van der Waals surface area contributed by atoms with Gasteiger partial charge in [-0.1, -0.05) is 0 Å². The van der Waals surface area contributed by atoms with E-state index < -0.39 is 18.3 Å². The van der Waals surface area contributed by atoms with Crippen LogP contribution in [0.4, 0.5) is 10.1 Å². The van der Waals surface area contributed by atoms with E-state index in [4.69, 9.17) is 9.31 Å². The maximum Gasteiger partial charge on any atom is 0.495 e. The van der Waals surface area contributed by atoms with Gasteiger partial charge in [0.1, 0.15) is 12.4 Å². The molecule has 0 saturated carbocycles. The molecule has 2 aliphatic rings. The van der Waals surface area contributed by atoms with E-state index in [1.54, 1.807) is 23.1 Å². The first-order valence-electron chi connectivity index (χ1n) is 10.3. The molecule has 0 unspecified atom stereocenters. The largest absolute Gasteiger partial charge is 0.495 e. The first kappa shape index (κ1) is 20.9. The highest BCUT2D eigenvalue weighted by atomic mass is 19.1. The van der Waals surface area contributed by atoms with Gasteiger partial charge in [-0.2, -0.15) is 5.10 Å². The summed E-state index contributed by atoms with van der Waals surface area (Å²) in [7, 11) is -0.610. The molecule has 2 fully saturated rings. The fourth-order valence-corrected chi connectivity index (χ4v) is 3.74. The number of hydrogen-bond acceptors (Lipinski definition) is 5. The van der Waals surface area contributed by atoms with E-state index in [1.807, 2.05) is 38.7 Å². The Balaban J connectivity index is 1.42. The van der Waals surface area contributed by atoms with E-state index in [-0.39, 0.29) is 18.3 Å². The summed E-state index contributed by atoms with van der Waals surface area (Å²) < 4.78 is 28.2. The summed E-state index contributed by atoms with van der Waals surface area (Å²) in [5.74, 6) is -0.287. The first-order chi connectivity index (χ1) is 14.1. The third-order valence-electron chi connectivity index (χ3n) is 6.28. The van der Waals surface area contributed by atoms with Crippen molar-refractivity contribution in [2.45, 2.75) is 45.4 Å². The Morgan fingerprint density at radius 2 is 1.77 bits per heavy atom. The minimum absolute atomic E-state index is 0.0375. The minimum Gasteiger partial charge on any atom is -0.399 e. The number of hydrogen-bond donors (Lipinski definition) is 0. The number of halogens is 1. The molecule has 0 bridgehead atoms. The van der Waals surface area contributed by atoms with Crippen LogP contribution in [-0.4, -0.2) is 65.1 Å². The smallest absolute Gasteiger partial charge is 0.399 e. The van der Waals surface area contributed by atoms with Gasteiger partial charge in [0.25, 0.3) is 0 Å². The van der Waals surface area contributed by atoms with Gasteiger partial charge in [0.15, 0.2) is 0 Å². The fourth-order valence-electron chi connectivity index (χ4n) is 3.74. The number of benzene rings is 1. The number of amides is 1. The summed E-state index contributed by atoms with van der Waals surface area (Å²) in [4.78, 5) is 16.4. The summed E-state index contributed by atoms with van der Waals surface area (Å²) in [6, 6.07) is 6.71. The van der Waals surface area contributed by atoms with Crippen molar-refractivity contribution in [2.24, 2.45) is 0 Å². The summed E-state index contributed by atoms with van der Waals surface area (Å²) >= 11 is 0. The van der Waals surface area contributed by atoms with Crippen LogP contribution >= 0.6 is 0 Å². The molecule has 160 valence electrons. The Kier molecular flexibility index (Phi) is 5.36. The standard InChI is InChI=1S/C21H28BFN4O3/c1-20(2)21(3,4)30-22(29-20)16-12-17(23)14-18(13-16)25-8-10-26(11-9-25)19(28)15-27-7-5-6-24-27/h5-7,12-14H,8-11,15H2,1-4H3. The van der Waals surface area contributed by atoms with Crippen molar-refractivity contribution in [2.75, 3.05) is 31.1 Å². The zero-order valence-electron chi connectivity index (χ0n) is 18.0. The van der Waals surface area contributed by atoms with Crippen LogP contribution < -0.4 is 10.4 Å². The molecule has 4 rings (SSSR count). The first-order valence-corrected chi connectivity index (χ1v) is 10.3. The van der Waals surface area contributed by atoms with Crippen LogP contribution in [-0.2, 0) is 20.6 Å². The number of carbonyl (C=O) groups is 1. The van der Waals surface area contributed by atoms with Crippen molar-refractivity contribution in [3.63, 3.8) is 0 Å². The lowest BCUT2D eigenvalue weighted by Gasteiger charge is -2.36. The fraction of sp³-hybridized carbons (Fsp3) is 0.524. The predicted octanol–water partition coefficient (Wildman–Crippen LogP) is 1.67. The average Bonchev–Trinajstić information content (AvgIpc) is 3.26. The number of rotatable bonds is 4. The van der Waals surface area contributed by atoms with Gasteiger partial charge in [-0.15, -0.1) is 0 Å². The molecule has 0 N–H and O–H groups in total. The van der Waals surface area contributed by atoms with E-state index in [1.165, 1.54) is 12.1 Å². The highest BCUT2D eigenvalue weighted by Crippen LogP contribution is 2.36. The van der Waals surface area contributed by atoms with Gasteiger partial charge in [-0.3, -0.25) is 9.48 Å². The zero-order valence-corrected chi connectivity index (χ0v) is 18.0. The third-order valence-corrected chi connectivity index (χ3v) is 6.28. The van der Waals surface area contributed by atoms with Gasteiger partial charge in [0.2, 0.25) is 5.91 Å². The van der Waals surface area contributed by atoms with Crippen LogP contribution in [0, 0.1) is 5.82 Å². The zero-order chi connectivity index (χ0) is 21.5. The second-order valence-corrected chi connectivity index (χ2v) is 8.90. The van der Waals surface area contributed by atoms with Gasteiger partial charge in [-0.05, 0) is 57.4 Å². The molecule has 2 aromatic rings. The number of anilines is 1. The van der Waals surface area contributed by atoms with Gasteiger partial charge >= 0.3 is 7.12 Å². The van der Waals surface area contributed by atoms with Crippen LogP contribution in [0.3, 0.4) is 0 Å². The molecule has 30 heavy (non-hydrogen) atoms. The molecule has 1 amide bonds. The Bertz CT molecular complexity index is 895. The van der Waals surface area contributed by atoms with Crippen molar-refractivity contribution >= 4 is 24.2 Å². The summed E-state index contributed by atoms with van der Waals surface area (Å²) in [6.07, 6.45) is 3.44. The molecule has 0 aliphatic carbocycles. The van der Waals surface area contributed by atoms with Gasteiger partial charge < -0.3 is 19.1 Å². The van der Waals surface area contributed by atoms with Crippen LogP contribution in [0.5, 0.6) is 0 Å².